The van der Waals surface area contributed by atoms with Crippen molar-refractivity contribution in [3.63, 3.8) is 0 Å². The van der Waals surface area contributed by atoms with Gasteiger partial charge in [0.15, 0.2) is 0 Å². The standard InChI is InChI=1S/C28H30N2O5/c1-33-21-11-7-10-20(14-21)28(32)30-17-24(23-15-22(34-2)12-13-26(23)35-3)25(18-30)27(31)29-16-19-8-5-4-6-9-19/h4-15,24-25H,16-18H2,1-3H3,(H,29,31). The molecular formula is C28H30N2O5. The van der Waals surface area contributed by atoms with Gasteiger partial charge in [-0.15, -0.1) is 0 Å². The Balaban J connectivity index is 1.63. The lowest BCUT2D eigenvalue weighted by atomic mass is 9.87. The molecule has 0 radical (unpaired) electrons. The molecule has 0 aliphatic carbocycles. The Morgan fingerprint density at radius 2 is 1.60 bits per heavy atom. The quantitative estimate of drug-likeness (QED) is 0.536. The molecule has 1 fully saturated rings. The zero-order chi connectivity index (χ0) is 24.8. The number of methoxy groups -OCH3 is 3. The van der Waals surface area contributed by atoms with Crippen LogP contribution in [0.3, 0.4) is 0 Å². The van der Waals surface area contributed by atoms with E-state index >= 15 is 0 Å². The van der Waals surface area contributed by atoms with Gasteiger partial charge in [-0.25, -0.2) is 0 Å². The molecule has 1 heterocycles. The van der Waals surface area contributed by atoms with Crippen molar-refractivity contribution in [3.8, 4) is 17.2 Å². The van der Waals surface area contributed by atoms with Gasteiger partial charge >= 0.3 is 0 Å². The van der Waals surface area contributed by atoms with Crippen molar-refractivity contribution in [1.82, 2.24) is 10.2 Å². The normalized spacial score (nSPS) is 17.1. The number of carbonyl (C=O) groups is 2. The lowest BCUT2D eigenvalue weighted by Gasteiger charge is -2.21. The van der Waals surface area contributed by atoms with Crippen LogP contribution >= 0.6 is 0 Å². The summed E-state index contributed by atoms with van der Waals surface area (Å²) in [5.74, 6) is 0.978. The van der Waals surface area contributed by atoms with Crippen LogP contribution in [0.1, 0.15) is 27.4 Å². The van der Waals surface area contributed by atoms with E-state index in [1.807, 2.05) is 48.5 Å². The van der Waals surface area contributed by atoms with Gasteiger partial charge in [0.25, 0.3) is 5.91 Å². The lowest BCUT2D eigenvalue weighted by molar-refractivity contribution is -0.125. The molecule has 4 rings (SSSR count). The van der Waals surface area contributed by atoms with Gasteiger partial charge in [0.1, 0.15) is 17.2 Å². The number of benzene rings is 3. The number of nitrogens with one attached hydrogen (secondary N) is 1. The molecule has 7 heteroatoms. The van der Waals surface area contributed by atoms with E-state index < -0.39 is 5.92 Å². The fourth-order valence-corrected chi connectivity index (χ4v) is 4.53. The molecule has 7 nitrogen and oxygen atoms in total. The number of carbonyl (C=O) groups excluding carboxylic acids is 2. The van der Waals surface area contributed by atoms with E-state index in [0.717, 1.165) is 11.1 Å². The van der Waals surface area contributed by atoms with Crippen molar-refractivity contribution in [2.24, 2.45) is 5.92 Å². The number of hydrogen-bond acceptors (Lipinski definition) is 5. The van der Waals surface area contributed by atoms with Crippen molar-refractivity contribution in [2.75, 3.05) is 34.4 Å². The Hall–Kier alpha value is -4.00. The first-order chi connectivity index (χ1) is 17.0. The molecule has 0 aromatic heterocycles. The molecule has 2 atom stereocenters. The average molecular weight is 475 g/mol. The SMILES string of the molecule is COc1cccc(C(=O)N2CC(C(=O)NCc3ccccc3)C(c3cc(OC)ccc3OC)C2)c1. The lowest BCUT2D eigenvalue weighted by Crippen LogP contribution is -2.35. The highest BCUT2D eigenvalue weighted by Gasteiger charge is 2.42. The summed E-state index contributed by atoms with van der Waals surface area (Å²) in [6.07, 6.45) is 0. The summed E-state index contributed by atoms with van der Waals surface area (Å²) in [5.41, 5.74) is 2.37. The zero-order valence-corrected chi connectivity index (χ0v) is 20.2. The third-order valence-corrected chi connectivity index (χ3v) is 6.41. The minimum absolute atomic E-state index is 0.107. The molecule has 0 saturated carbocycles. The van der Waals surface area contributed by atoms with Gasteiger partial charge < -0.3 is 24.4 Å². The topological polar surface area (TPSA) is 77.1 Å². The number of likely N-dealkylation sites (tertiary alicyclic amines) is 1. The van der Waals surface area contributed by atoms with E-state index in [-0.39, 0.29) is 17.7 Å². The molecule has 2 unspecified atom stereocenters. The van der Waals surface area contributed by atoms with Gasteiger partial charge in [-0.2, -0.15) is 0 Å². The predicted molar refractivity (Wildman–Crippen MR) is 133 cm³/mol. The van der Waals surface area contributed by atoms with Crippen molar-refractivity contribution in [3.05, 3.63) is 89.5 Å². The van der Waals surface area contributed by atoms with Gasteiger partial charge in [0, 0.05) is 36.7 Å². The second-order valence-corrected chi connectivity index (χ2v) is 8.47. The summed E-state index contributed by atoms with van der Waals surface area (Å²) in [6.45, 7) is 1.09. The minimum atomic E-state index is -0.450. The Bertz CT molecular complexity index is 1180. The highest BCUT2D eigenvalue weighted by molar-refractivity contribution is 5.95. The molecule has 182 valence electrons. The summed E-state index contributed by atoms with van der Waals surface area (Å²) in [4.78, 5) is 28.5. The van der Waals surface area contributed by atoms with Crippen LogP contribution in [0.15, 0.2) is 72.8 Å². The molecular weight excluding hydrogens is 444 g/mol. The first kappa shape index (κ1) is 24.1. The van der Waals surface area contributed by atoms with Crippen LogP contribution in [-0.2, 0) is 11.3 Å². The van der Waals surface area contributed by atoms with Gasteiger partial charge in [-0.05, 0) is 42.0 Å². The molecule has 35 heavy (non-hydrogen) atoms. The second kappa shape index (κ2) is 11.0. The zero-order valence-electron chi connectivity index (χ0n) is 20.2. The Labute approximate surface area is 205 Å². The number of nitrogens with zero attached hydrogens (tertiary/aromatic N) is 1. The van der Waals surface area contributed by atoms with Crippen LogP contribution in [0, 0.1) is 5.92 Å². The van der Waals surface area contributed by atoms with Crippen LogP contribution in [0.2, 0.25) is 0 Å². The maximum atomic E-state index is 13.4. The third-order valence-electron chi connectivity index (χ3n) is 6.41. The van der Waals surface area contributed by atoms with Crippen LogP contribution in [0.25, 0.3) is 0 Å². The van der Waals surface area contributed by atoms with Crippen molar-refractivity contribution in [1.29, 1.82) is 0 Å². The third kappa shape index (κ3) is 5.40. The molecule has 1 aliphatic heterocycles. The molecule has 1 saturated heterocycles. The summed E-state index contributed by atoms with van der Waals surface area (Å²) in [5, 5.41) is 3.06. The fourth-order valence-electron chi connectivity index (χ4n) is 4.53. The molecule has 3 aromatic carbocycles. The van der Waals surface area contributed by atoms with Crippen molar-refractivity contribution < 1.29 is 23.8 Å². The van der Waals surface area contributed by atoms with E-state index in [0.29, 0.717) is 42.4 Å². The van der Waals surface area contributed by atoms with Crippen LogP contribution < -0.4 is 19.5 Å². The molecule has 1 N–H and O–H groups in total. The second-order valence-electron chi connectivity index (χ2n) is 8.47. The molecule has 0 spiro atoms. The maximum absolute atomic E-state index is 13.4. The summed E-state index contributed by atoms with van der Waals surface area (Å²) < 4.78 is 16.3. The van der Waals surface area contributed by atoms with Gasteiger partial charge in [-0.3, -0.25) is 9.59 Å². The first-order valence-corrected chi connectivity index (χ1v) is 11.5. The minimum Gasteiger partial charge on any atom is -0.497 e. The smallest absolute Gasteiger partial charge is 0.254 e. The maximum Gasteiger partial charge on any atom is 0.254 e. The molecule has 2 amide bonds. The summed E-state index contributed by atoms with van der Waals surface area (Å²) >= 11 is 0. The highest BCUT2D eigenvalue weighted by Crippen LogP contribution is 2.40. The van der Waals surface area contributed by atoms with Crippen LogP contribution in [-0.4, -0.2) is 51.1 Å². The van der Waals surface area contributed by atoms with E-state index in [2.05, 4.69) is 5.32 Å². The molecule has 1 aliphatic rings. The molecule has 3 aromatic rings. The first-order valence-electron chi connectivity index (χ1n) is 11.5. The number of hydrogen-bond donors (Lipinski definition) is 1. The van der Waals surface area contributed by atoms with E-state index in [4.69, 9.17) is 14.2 Å². The van der Waals surface area contributed by atoms with Gasteiger partial charge in [0.05, 0.1) is 27.2 Å². The number of rotatable bonds is 8. The highest BCUT2D eigenvalue weighted by atomic mass is 16.5. The van der Waals surface area contributed by atoms with Crippen molar-refractivity contribution in [2.45, 2.75) is 12.5 Å². The van der Waals surface area contributed by atoms with Crippen LogP contribution in [0.5, 0.6) is 17.2 Å². The van der Waals surface area contributed by atoms with Crippen molar-refractivity contribution >= 4 is 11.8 Å². The monoisotopic (exact) mass is 474 g/mol. The molecule has 0 bridgehead atoms. The number of amides is 2. The Morgan fingerprint density at radius 1 is 0.857 bits per heavy atom. The Kier molecular flexibility index (Phi) is 7.55. The average Bonchev–Trinajstić information content (AvgIpc) is 3.37. The van der Waals surface area contributed by atoms with Gasteiger partial charge in [0.2, 0.25) is 5.91 Å². The fraction of sp³-hybridized carbons (Fsp3) is 0.286. The van der Waals surface area contributed by atoms with E-state index in [1.54, 1.807) is 50.5 Å². The summed E-state index contributed by atoms with van der Waals surface area (Å²) in [7, 11) is 4.77. The van der Waals surface area contributed by atoms with Crippen LogP contribution in [0.4, 0.5) is 0 Å². The predicted octanol–water partition coefficient (Wildman–Crippen LogP) is 3.88. The summed E-state index contributed by atoms with van der Waals surface area (Å²) in [6, 6.07) is 22.4. The van der Waals surface area contributed by atoms with Gasteiger partial charge in [-0.1, -0.05) is 36.4 Å². The largest absolute Gasteiger partial charge is 0.497 e. The van der Waals surface area contributed by atoms with E-state index in [9.17, 15) is 9.59 Å². The Morgan fingerprint density at radius 3 is 2.31 bits per heavy atom. The number of ether oxygens (including phenoxy) is 3. The van der Waals surface area contributed by atoms with E-state index in [1.165, 1.54) is 0 Å².